The van der Waals surface area contributed by atoms with Crippen LogP contribution in [-0.4, -0.2) is 55.6 Å². The van der Waals surface area contributed by atoms with Crippen molar-refractivity contribution in [2.45, 2.75) is 0 Å². The van der Waals surface area contributed by atoms with E-state index < -0.39 is 7.81 Å². The molecule has 0 aromatic heterocycles. The molecule has 1 aliphatic rings. The first-order chi connectivity index (χ1) is 18.5. The van der Waals surface area contributed by atoms with Gasteiger partial charge in [0, 0.05) is 11.6 Å². The molecular formula is C26H29F6O7P. The molecular weight excluding hydrogens is 569 g/mol. The Labute approximate surface area is 227 Å². The van der Waals surface area contributed by atoms with Crippen molar-refractivity contribution in [3.05, 3.63) is 76.8 Å². The summed E-state index contributed by atoms with van der Waals surface area (Å²) in [6.07, 6.45) is 3.59. The molecule has 0 bridgehead atoms. The quantitative estimate of drug-likeness (QED) is 0.134. The Hall–Kier alpha value is -3.86. The fraction of sp³-hybridized carbons (Fsp3) is 0.269. The van der Waals surface area contributed by atoms with Crippen LogP contribution in [0.5, 0.6) is 23.0 Å². The second-order valence-corrected chi connectivity index (χ2v) is 9.73. The molecule has 0 spiro atoms. The van der Waals surface area contributed by atoms with Crippen molar-refractivity contribution in [2.24, 2.45) is 0 Å². The summed E-state index contributed by atoms with van der Waals surface area (Å²) in [4.78, 5) is 0. The van der Waals surface area contributed by atoms with E-state index >= 15 is 0 Å². The van der Waals surface area contributed by atoms with Gasteiger partial charge < -0.3 is 28.4 Å². The summed E-state index contributed by atoms with van der Waals surface area (Å²) in [5.41, 5.74) is 2.72. The van der Waals surface area contributed by atoms with Crippen LogP contribution >= 0.6 is 7.81 Å². The normalized spacial score (nSPS) is 15.8. The maximum atomic E-state index is 9.87. The topological polar surface area (TPSA) is 66.7 Å². The van der Waals surface area contributed by atoms with E-state index in [2.05, 4.69) is 0 Å². The van der Waals surface area contributed by atoms with E-state index in [4.69, 9.17) is 32.8 Å². The maximum absolute atomic E-state index is 10.7. The van der Waals surface area contributed by atoms with Crippen LogP contribution in [0.2, 0.25) is 0 Å². The number of hydrogen-bond acceptors (Lipinski definition) is 6. The summed E-state index contributed by atoms with van der Waals surface area (Å²) >= 11 is 0. The zero-order valence-electron chi connectivity index (χ0n) is 22.7. The molecule has 0 atom stereocenters. The molecule has 14 heteroatoms. The van der Waals surface area contributed by atoms with Gasteiger partial charge in [-0.1, -0.05) is 12.1 Å². The van der Waals surface area contributed by atoms with Gasteiger partial charge in [0.2, 0.25) is 0 Å². The number of ketones is 1. The third kappa shape index (κ3) is 8.57. The molecule has 0 saturated carbocycles. The van der Waals surface area contributed by atoms with Crippen molar-refractivity contribution in [3.8, 4) is 23.0 Å². The molecule has 0 heterocycles. The van der Waals surface area contributed by atoms with Crippen LogP contribution in [0.25, 0.3) is 5.57 Å². The predicted molar refractivity (Wildman–Crippen MR) is 140 cm³/mol. The molecule has 40 heavy (non-hydrogen) atoms. The molecule has 222 valence electrons. The van der Waals surface area contributed by atoms with Gasteiger partial charge in [0.25, 0.3) is 7.11 Å². The third-order valence-electron chi connectivity index (χ3n) is 5.32. The first kappa shape index (κ1) is 32.4. The fourth-order valence-electron chi connectivity index (χ4n) is 3.82. The van der Waals surface area contributed by atoms with Crippen molar-refractivity contribution >= 4 is 19.2 Å². The monoisotopic (exact) mass is 598 g/mol. The van der Waals surface area contributed by atoms with Crippen molar-refractivity contribution in [1.82, 2.24) is 0 Å². The van der Waals surface area contributed by atoms with Gasteiger partial charge in [-0.15, -0.1) is 0 Å². The summed E-state index contributed by atoms with van der Waals surface area (Å²) in [6.45, 7) is 0. The number of halogens is 6. The van der Waals surface area contributed by atoms with Crippen LogP contribution in [-0.2, 0) is 13.9 Å². The Bertz CT molecular complexity index is 1250. The Kier molecular flexibility index (Phi) is 9.47. The van der Waals surface area contributed by atoms with E-state index in [1.54, 1.807) is 61.9 Å². The molecule has 0 unspecified atom stereocenters. The minimum absolute atomic E-state index is 0.530. The number of carbonyl (C=O) groups excluding carboxylic acids is 1. The van der Waals surface area contributed by atoms with Crippen LogP contribution in [0.1, 0.15) is 11.1 Å². The molecule has 0 N–H and O–H groups in total. The van der Waals surface area contributed by atoms with E-state index in [9.17, 15) is 25.2 Å². The first-order valence-electron chi connectivity index (χ1n) is 11.2. The van der Waals surface area contributed by atoms with Crippen molar-refractivity contribution in [2.75, 3.05) is 49.8 Å². The summed E-state index contributed by atoms with van der Waals surface area (Å²) in [7, 11) is 0.550. The molecule has 3 rings (SSSR count). The van der Waals surface area contributed by atoms with Crippen LogP contribution < -0.4 is 18.9 Å². The zero-order chi connectivity index (χ0) is 30.4. The summed E-state index contributed by atoms with van der Waals surface area (Å²) in [5.74, 6) is 4.03. The average Bonchev–Trinajstić information content (AvgIpc) is 2.91. The van der Waals surface area contributed by atoms with Crippen LogP contribution in [0, 0.1) is 0 Å². The van der Waals surface area contributed by atoms with E-state index in [1.807, 2.05) is 36.4 Å². The molecule has 1 aliphatic carbocycles. The van der Waals surface area contributed by atoms with Crippen molar-refractivity contribution < 1.29 is 58.0 Å². The van der Waals surface area contributed by atoms with E-state index in [0.29, 0.717) is 62.6 Å². The molecule has 0 aliphatic heterocycles. The molecule has 0 radical (unpaired) electrons. The molecule has 0 amide bonds. The molecule has 0 saturated heterocycles. The molecule has 2 aromatic rings. The van der Waals surface area contributed by atoms with Gasteiger partial charge in [-0.2, -0.15) is 0 Å². The number of benzene rings is 2. The van der Waals surface area contributed by atoms with Gasteiger partial charge in [0.1, 0.15) is 40.1 Å². The molecule has 2 aromatic carbocycles. The summed E-state index contributed by atoms with van der Waals surface area (Å²) < 4.78 is 99.3. The second kappa shape index (κ2) is 11.7. The van der Waals surface area contributed by atoms with E-state index in [1.165, 1.54) is 0 Å². The van der Waals surface area contributed by atoms with Gasteiger partial charge >= 0.3 is 38.8 Å². The predicted octanol–water partition coefficient (Wildman–Crippen LogP) is 7.71. The van der Waals surface area contributed by atoms with E-state index in [0.717, 1.165) is 0 Å². The van der Waals surface area contributed by atoms with Gasteiger partial charge in [-0.3, -0.25) is 4.42 Å². The Morgan fingerprint density at radius 1 is 0.600 bits per heavy atom. The number of ether oxygens (including phenoxy) is 6. The summed E-state index contributed by atoms with van der Waals surface area (Å²) in [6, 6.07) is 11.2. The van der Waals surface area contributed by atoms with E-state index in [-0.39, 0.29) is 0 Å². The number of allylic oxidation sites excluding steroid dienone is 3. The van der Waals surface area contributed by atoms with Crippen LogP contribution in [0.3, 0.4) is 0 Å². The first-order valence-corrected chi connectivity index (χ1v) is 13.2. The number of methoxy groups -OCH3 is 6. The summed E-state index contributed by atoms with van der Waals surface area (Å²) in [5, 5.41) is 0. The van der Waals surface area contributed by atoms with Crippen molar-refractivity contribution in [1.29, 1.82) is 0 Å². The van der Waals surface area contributed by atoms with Gasteiger partial charge in [-0.25, -0.2) is 0 Å². The second-order valence-electron chi connectivity index (χ2n) is 7.82. The average molecular weight is 598 g/mol. The Morgan fingerprint density at radius 2 is 0.975 bits per heavy atom. The Morgan fingerprint density at radius 3 is 1.25 bits per heavy atom. The van der Waals surface area contributed by atoms with Gasteiger partial charge in [0.05, 0.1) is 59.9 Å². The number of hydrogen-bond donors (Lipinski definition) is 0. The van der Waals surface area contributed by atoms with Crippen LogP contribution in [0.15, 0.2) is 65.6 Å². The van der Waals surface area contributed by atoms with Gasteiger partial charge in [0.15, 0.2) is 0 Å². The van der Waals surface area contributed by atoms with Crippen LogP contribution in [0.4, 0.5) is 25.2 Å². The Balaban J connectivity index is 0.000000708. The number of rotatable bonds is 8. The molecule has 0 fully saturated rings. The minimum atomic E-state index is -10.7. The fourth-order valence-corrected chi connectivity index (χ4v) is 3.82. The standard InChI is InChI=1S/C26H29O7.F6P/c1-27-16-14-21(32-6)25(22(15-16)33-7)26(23-17(28-2)10-8-11-18(23)29-3)24-19(30-4)12-9-13-20(24)31-5;1-7(2,3,4,5)6/h8-15H,1-7H3;/q+1;-1. The third-order valence-corrected chi connectivity index (χ3v) is 5.32. The van der Waals surface area contributed by atoms with Gasteiger partial charge in [-0.05, 0) is 24.3 Å². The molecule has 7 nitrogen and oxygen atoms in total. The zero-order valence-corrected chi connectivity index (χ0v) is 23.6. The van der Waals surface area contributed by atoms with Crippen molar-refractivity contribution in [3.63, 3.8) is 0 Å². The SMILES string of the molecule is COC1=CC(=[O+]C)C(=C(c2c(OC)cccc2OC)c2c(OC)cccc2OC)C(OC)=C1.F[P-](F)(F)(F)(F)F.